The molecule has 0 spiro atoms. The number of hydrogen-bond donors (Lipinski definition) is 1. The molecule has 3 heteroatoms. The summed E-state index contributed by atoms with van der Waals surface area (Å²) in [4.78, 5) is 0. The molecule has 1 aliphatic carbocycles. The first kappa shape index (κ1) is 15.2. The Morgan fingerprint density at radius 3 is 2.50 bits per heavy atom. The summed E-state index contributed by atoms with van der Waals surface area (Å²) >= 11 is 0. The molecule has 0 amide bonds. The normalized spacial score (nSPS) is 16.2. The van der Waals surface area contributed by atoms with Crippen molar-refractivity contribution in [3.05, 3.63) is 29.3 Å². The summed E-state index contributed by atoms with van der Waals surface area (Å²) in [5.41, 5.74) is 5.83. The van der Waals surface area contributed by atoms with E-state index < -0.39 is 8.07 Å². The number of rotatable bonds is 4. The van der Waals surface area contributed by atoms with Gasteiger partial charge < -0.3 is 9.84 Å². The van der Waals surface area contributed by atoms with Gasteiger partial charge in [-0.2, -0.15) is 0 Å². The first-order valence-corrected chi connectivity index (χ1v) is 10.7. The molecule has 108 valence electrons. The molecule has 0 saturated heterocycles. The summed E-state index contributed by atoms with van der Waals surface area (Å²) in [6.45, 7) is 7.02. The summed E-state index contributed by atoms with van der Waals surface area (Å²) in [5.74, 6) is 4.22. The van der Waals surface area contributed by atoms with Gasteiger partial charge in [-0.1, -0.05) is 25.6 Å². The molecule has 1 N–H and O–H groups in total. The molecule has 2 rings (SSSR count). The molecule has 0 heterocycles. The third-order valence-corrected chi connectivity index (χ3v) is 4.62. The van der Waals surface area contributed by atoms with E-state index in [1.165, 1.54) is 5.56 Å². The van der Waals surface area contributed by atoms with Gasteiger partial charge in [0, 0.05) is 12.2 Å². The Bertz CT molecular complexity index is 542. The number of aliphatic hydroxyl groups is 1. The van der Waals surface area contributed by atoms with E-state index in [1.807, 2.05) is 6.07 Å². The first-order chi connectivity index (χ1) is 9.37. The summed E-state index contributed by atoms with van der Waals surface area (Å²) in [6, 6.07) is 6.09. The number of ether oxygens (including phenoxy) is 1. The maximum atomic E-state index is 9.53. The summed E-state index contributed by atoms with van der Waals surface area (Å²) in [6.07, 6.45) is 3.12. The van der Waals surface area contributed by atoms with Crippen molar-refractivity contribution < 1.29 is 9.84 Å². The molecule has 0 atom stereocenters. The molecule has 1 aliphatic rings. The van der Waals surface area contributed by atoms with Crippen molar-refractivity contribution in [1.29, 1.82) is 0 Å². The second kappa shape index (κ2) is 5.63. The van der Waals surface area contributed by atoms with Crippen molar-refractivity contribution >= 4 is 8.07 Å². The number of hydrogen-bond acceptors (Lipinski definition) is 2. The average Bonchev–Trinajstić information content (AvgIpc) is 3.16. The highest BCUT2D eigenvalue weighted by molar-refractivity contribution is 6.83. The summed E-state index contributed by atoms with van der Waals surface area (Å²) < 4.78 is 5.32. The van der Waals surface area contributed by atoms with Crippen LogP contribution in [-0.4, -0.2) is 26.9 Å². The van der Waals surface area contributed by atoms with Crippen LogP contribution in [0.25, 0.3) is 0 Å². The lowest BCUT2D eigenvalue weighted by atomic mass is 9.94. The molecule has 1 aromatic carbocycles. The summed E-state index contributed by atoms with van der Waals surface area (Å²) in [5, 5.41) is 9.53. The van der Waals surface area contributed by atoms with Crippen LogP contribution in [0.3, 0.4) is 0 Å². The Morgan fingerprint density at radius 2 is 2.00 bits per heavy atom. The Balaban J connectivity index is 2.32. The van der Waals surface area contributed by atoms with Gasteiger partial charge in [-0.25, -0.2) is 0 Å². The lowest BCUT2D eigenvalue weighted by Crippen LogP contribution is -2.16. The SMILES string of the molecule is COc1ccc(C#C[Si](C)(C)C)c(CC2(CO)CC2)c1. The van der Waals surface area contributed by atoms with Crippen molar-refractivity contribution in [2.45, 2.75) is 38.9 Å². The van der Waals surface area contributed by atoms with E-state index in [0.717, 1.165) is 30.6 Å². The summed E-state index contributed by atoms with van der Waals surface area (Å²) in [7, 11) is 0.308. The molecular weight excluding hydrogens is 264 g/mol. The van der Waals surface area contributed by atoms with E-state index in [9.17, 15) is 5.11 Å². The van der Waals surface area contributed by atoms with Crippen molar-refractivity contribution in [1.82, 2.24) is 0 Å². The highest BCUT2D eigenvalue weighted by Gasteiger charge is 2.42. The lowest BCUT2D eigenvalue weighted by Gasteiger charge is -2.14. The molecule has 0 aromatic heterocycles. The number of aliphatic hydroxyl groups excluding tert-OH is 1. The minimum atomic E-state index is -1.38. The van der Waals surface area contributed by atoms with Gasteiger partial charge in [0.05, 0.1) is 7.11 Å². The van der Waals surface area contributed by atoms with Gasteiger partial charge in [-0.3, -0.25) is 0 Å². The fraction of sp³-hybridized carbons (Fsp3) is 0.529. The standard InChI is InChI=1S/C17H24O2Si/c1-19-16-6-5-14(7-10-20(2,3)4)15(11-16)12-17(13-18)8-9-17/h5-6,11,18H,8-9,12-13H2,1-4H3. The third kappa shape index (κ3) is 3.88. The molecule has 0 unspecified atom stereocenters. The van der Waals surface area contributed by atoms with Gasteiger partial charge in [0.15, 0.2) is 0 Å². The van der Waals surface area contributed by atoms with Crippen molar-refractivity contribution in [3.63, 3.8) is 0 Å². The predicted molar refractivity (Wildman–Crippen MR) is 85.7 cm³/mol. The fourth-order valence-corrected chi connectivity index (χ4v) is 2.70. The fourth-order valence-electron chi connectivity index (χ4n) is 2.19. The van der Waals surface area contributed by atoms with Crippen LogP contribution >= 0.6 is 0 Å². The second-order valence-corrected chi connectivity index (χ2v) is 11.6. The zero-order chi connectivity index (χ0) is 14.8. The second-order valence-electron chi connectivity index (χ2n) is 6.86. The number of benzene rings is 1. The molecule has 0 aliphatic heterocycles. The highest BCUT2D eigenvalue weighted by Crippen LogP contribution is 2.48. The largest absolute Gasteiger partial charge is 0.497 e. The van der Waals surface area contributed by atoms with E-state index in [2.05, 4.69) is 43.2 Å². The van der Waals surface area contributed by atoms with E-state index in [1.54, 1.807) is 7.11 Å². The first-order valence-electron chi connectivity index (χ1n) is 7.18. The molecule has 1 aromatic rings. The van der Waals surface area contributed by atoms with E-state index >= 15 is 0 Å². The van der Waals surface area contributed by atoms with E-state index in [4.69, 9.17) is 4.74 Å². The topological polar surface area (TPSA) is 29.5 Å². The molecule has 1 fully saturated rings. The van der Waals surface area contributed by atoms with Crippen LogP contribution in [0.2, 0.25) is 19.6 Å². The maximum Gasteiger partial charge on any atom is 0.129 e. The predicted octanol–water partition coefficient (Wildman–Crippen LogP) is 3.24. The molecule has 2 nitrogen and oxygen atoms in total. The van der Waals surface area contributed by atoms with Gasteiger partial charge in [-0.05, 0) is 48.4 Å². The molecule has 0 radical (unpaired) electrons. The monoisotopic (exact) mass is 288 g/mol. The van der Waals surface area contributed by atoms with E-state index in [0.29, 0.717) is 0 Å². The zero-order valence-electron chi connectivity index (χ0n) is 12.9. The van der Waals surface area contributed by atoms with Crippen LogP contribution in [0.4, 0.5) is 0 Å². The maximum absolute atomic E-state index is 9.53. The highest BCUT2D eigenvalue weighted by atomic mass is 28.3. The average molecular weight is 288 g/mol. The molecule has 1 saturated carbocycles. The van der Waals surface area contributed by atoms with Crippen LogP contribution in [0.5, 0.6) is 5.75 Å². The van der Waals surface area contributed by atoms with Crippen LogP contribution in [0.1, 0.15) is 24.0 Å². The van der Waals surface area contributed by atoms with Gasteiger partial charge in [0.2, 0.25) is 0 Å². The van der Waals surface area contributed by atoms with Crippen LogP contribution in [-0.2, 0) is 6.42 Å². The Labute approximate surface area is 123 Å². The molecule has 0 bridgehead atoms. The van der Waals surface area contributed by atoms with Crippen LogP contribution in [0, 0.1) is 16.9 Å². The van der Waals surface area contributed by atoms with Gasteiger partial charge in [0.1, 0.15) is 13.8 Å². The van der Waals surface area contributed by atoms with Crippen molar-refractivity contribution in [3.8, 4) is 17.2 Å². The van der Waals surface area contributed by atoms with Crippen LogP contribution < -0.4 is 4.74 Å². The lowest BCUT2D eigenvalue weighted by molar-refractivity contribution is 0.211. The van der Waals surface area contributed by atoms with Gasteiger partial charge >= 0.3 is 0 Å². The molecule has 20 heavy (non-hydrogen) atoms. The van der Waals surface area contributed by atoms with Crippen molar-refractivity contribution in [2.24, 2.45) is 5.41 Å². The minimum Gasteiger partial charge on any atom is -0.497 e. The van der Waals surface area contributed by atoms with Gasteiger partial charge in [-0.15, -0.1) is 5.54 Å². The van der Waals surface area contributed by atoms with Gasteiger partial charge in [0.25, 0.3) is 0 Å². The smallest absolute Gasteiger partial charge is 0.129 e. The Morgan fingerprint density at radius 1 is 1.30 bits per heavy atom. The van der Waals surface area contributed by atoms with Crippen molar-refractivity contribution in [2.75, 3.05) is 13.7 Å². The van der Waals surface area contributed by atoms with E-state index in [-0.39, 0.29) is 12.0 Å². The van der Waals surface area contributed by atoms with Crippen LogP contribution in [0.15, 0.2) is 18.2 Å². The zero-order valence-corrected chi connectivity index (χ0v) is 13.9. The quantitative estimate of drug-likeness (QED) is 0.681. The number of methoxy groups -OCH3 is 1. The Hall–Kier alpha value is -1.24. The molecular formula is C17H24O2Si. The minimum absolute atomic E-state index is 0.0992. The Kier molecular flexibility index (Phi) is 4.27. The third-order valence-electron chi connectivity index (χ3n) is 3.74.